The number of aromatic hydroxyl groups is 1. The monoisotopic (exact) mass is 929 g/mol. The lowest BCUT2D eigenvalue weighted by Gasteiger charge is -2.47. The van der Waals surface area contributed by atoms with Gasteiger partial charge in [0.1, 0.15) is 34.3 Å². The van der Waals surface area contributed by atoms with Gasteiger partial charge in [0, 0.05) is 55.8 Å². The fourth-order valence-corrected chi connectivity index (χ4v) is 8.23. The van der Waals surface area contributed by atoms with Gasteiger partial charge in [-0.25, -0.2) is 14.6 Å². The molecule has 2 aromatic heterocycles. The van der Waals surface area contributed by atoms with E-state index in [1.807, 2.05) is 64.9 Å². The summed E-state index contributed by atoms with van der Waals surface area (Å²) in [5, 5.41) is 41.0. The number of hydrogen-bond acceptors (Lipinski definition) is 13. The van der Waals surface area contributed by atoms with Gasteiger partial charge in [-0.3, -0.25) is 14.5 Å². The zero-order chi connectivity index (χ0) is 46.0. The molecule has 7 rings (SSSR count). The van der Waals surface area contributed by atoms with E-state index in [1.165, 1.54) is 17.4 Å². The molecule has 1 atom stereocenters. The van der Waals surface area contributed by atoms with E-state index in [2.05, 4.69) is 20.2 Å². The summed E-state index contributed by atoms with van der Waals surface area (Å²) in [5.74, 6) is -4.75. The van der Waals surface area contributed by atoms with Crippen LogP contribution in [0.3, 0.4) is 0 Å². The fourth-order valence-electron chi connectivity index (χ4n) is 6.51. The highest BCUT2D eigenvalue weighted by Gasteiger charge is 2.42. The van der Waals surface area contributed by atoms with E-state index in [0.717, 1.165) is 65.7 Å². The number of nitrogens with one attached hydrogen (secondary N) is 2. The molecule has 1 amide bonds. The van der Waals surface area contributed by atoms with Gasteiger partial charge in [-0.1, -0.05) is 59.9 Å². The summed E-state index contributed by atoms with van der Waals surface area (Å²) < 4.78 is 76.4. The average Bonchev–Trinajstić information content (AvgIpc) is 3.90. The van der Waals surface area contributed by atoms with Crippen LogP contribution < -0.4 is 14.9 Å². The summed E-state index contributed by atoms with van der Waals surface area (Å²) in [7, 11) is 0. The lowest BCUT2D eigenvalue weighted by molar-refractivity contribution is -0.193. The number of aromatic amines is 1. The first-order valence-corrected chi connectivity index (χ1v) is 20.7. The Morgan fingerprint density at radius 1 is 0.937 bits per heavy atom. The Morgan fingerprint density at radius 2 is 1.57 bits per heavy atom. The number of carbonyl (C=O) groups is 3. The molecule has 340 valence electrons. The van der Waals surface area contributed by atoms with Gasteiger partial charge >= 0.3 is 29.2 Å². The second-order valence-corrected chi connectivity index (χ2v) is 16.0. The molecule has 23 heteroatoms. The first-order valence-electron chi connectivity index (χ1n) is 19.0. The first kappa shape index (κ1) is 48.4. The zero-order valence-electron chi connectivity index (χ0n) is 32.9. The molecule has 3 aromatic carbocycles. The van der Waals surface area contributed by atoms with Crippen LogP contribution in [0.1, 0.15) is 40.6 Å². The molecule has 5 aromatic rings. The number of alkyl halides is 6. The third-order valence-corrected chi connectivity index (χ3v) is 11.6. The minimum atomic E-state index is -5.08. The fraction of sp³-hybridized carbons (Fsp3) is 0.375. The standard InChI is InChI=1S/C36H39N5O6S2.2C2HF3O2/c42-29-11-10-27(32-31(29)39-35(45)49-32)30(43)21-37-20-24-6-8-26(9-7-24)46-18-16-40-14-12-36(13-15-40)23-41(17-19-47-36)34(44)28-22-48-33(38-28)25-4-2-1-3-5-25;2*3-2(4,5)1(6)7/h1-11,22,30,37,42-43H,12-21,23H2,(H,39,45);2*(H,6,7)/t30-;;/m0../s1. The minimum Gasteiger partial charge on any atom is -0.506 e. The number of carboxylic acid groups (broad SMARTS) is 2. The van der Waals surface area contributed by atoms with Crippen molar-refractivity contribution in [1.29, 1.82) is 0 Å². The number of thiazole rings is 2. The Bertz CT molecular complexity index is 2340. The Kier molecular flexibility index (Phi) is 16.3. The number of phenols is 1. The number of aliphatic carboxylic acids is 2. The lowest BCUT2D eigenvalue weighted by atomic mass is 9.89. The number of nitrogens with zero attached hydrogens (tertiary/aromatic N) is 3. The lowest BCUT2D eigenvalue weighted by Crippen LogP contribution is -2.58. The van der Waals surface area contributed by atoms with Crippen LogP contribution in [-0.2, 0) is 20.9 Å². The van der Waals surface area contributed by atoms with Gasteiger partial charge in [0.2, 0.25) is 0 Å². The molecular formula is C40H41F6N5O10S2. The molecule has 2 aliphatic rings. The number of carboxylic acids is 2. The number of aliphatic hydroxyl groups is 1. The van der Waals surface area contributed by atoms with E-state index in [0.29, 0.717) is 60.9 Å². The number of fused-ring (bicyclic) bond motifs is 1. The number of aliphatic hydroxyl groups excluding tert-OH is 1. The maximum atomic E-state index is 13.4. The van der Waals surface area contributed by atoms with Crippen LogP contribution in [-0.4, -0.2) is 128 Å². The number of carbonyl (C=O) groups excluding carboxylic acids is 1. The van der Waals surface area contributed by atoms with Crippen LogP contribution >= 0.6 is 22.7 Å². The number of amides is 1. The molecule has 63 heavy (non-hydrogen) atoms. The number of likely N-dealkylation sites (tertiary alicyclic amines) is 1. The Balaban J connectivity index is 0.000000463. The van der Waals surface area contributed by atoms with Crippen molar-refractivity contribution in [3.05, 3.63) is 98.6 Å². The molecule has 0 radical (unpaired) electrons. The summed E-state index contributed by atoms with van der Waals surface area (Å²) in [4.78, 5) is 54.2. The van der Waals surface area contributed by atoms with Gasteiger partial charge in [0.25, 0.3) is 5.91 Å². The van der Waals surface area contributed by atoms with E-state index in [9.17, 15) is 46.1 Å². The highest BCUT2D eigenvalue weighted by molar-refractivity contribution is 7.16. The van der Waals surface area contributed by atoms with E-state index < -0.39 is 30.4 Å². The normalized spacial score (nSPS) is 15.8. The third-order valence-electron chi connectivity index (χ3n) is 9.75. The van der Waals surface area contributed by atoms with Gasteiger partial charge < -0.3 is 45.1 Å². The minimum absolute atomic E-state index is 0.00919. The second kappa shape index (κ2) is 21.2. The second-order valence-electron chi connectivity index (χ2n) is 14.1. The smallest absolute Gasteiger partial charge is 0.490 e. The molecule has 4 heterocycles. The SMILES string of the molecule is O=C(O)C(F)(F)F.O=C(O)C(F)(F)F.O=C(c1csc(-c2ccccc2)n1)N1CCOC2(CCN(CCOc3ccc(CNC[C@H](O)c4ccc(O)c5[nH]c(=O)sc45)cc3)CC2)C1. The van der Waals surface area contributed by atoms with Crippen molar-refractivity contribution in [1.82, 2.24) is 25.1 Å². The number of aromatic nitrogens is 2. The Labute approximate surface area is 362 Å². The largest absolute Gasteiger partial charge is 0.506 e. The van der Waals surface area contributed by atoms with Crippen molar-refractivity contribution in [2.75, 3.05) is 52.5 Å². The number of hydrogen-bond donors (Lipinski definition) is 6. The summed E-state index contributed by atoms with van der Waals surface area (Å²) in [6.07, 6.45) is -9.27. The van der Waals surface area contributed by atoms with Crippen molar-refractivity contribution in [3.63, 3.8) is 0 Å². The topological polar surface area (TPSA) is 215 Å². The van der Waals surface area contributed by atoms with Crippen LogP contribution in [0.15, 0.2) is 76.9 Å². The number of morpholine rings is 1. The van der Waals surface area contributed by atoms with E-state index in [4.69, 9.17) is 29.3 Å². The summed E-state index contributed by atoms with van der Waals surface area (Å²) >= 11 is 2.48. The first-order chi connectivity index (χ1) is 29.7. The molecule has 2 fully saturated rings. The number of phenolic OH excluding ortho intramolecular Hbond substituents is 1. The summed E-state index contributed by atoms with van der Waals surface area (Å²) in [6.45, 7) is 5.70. The summed E-state index contributed by atoms with van der Waals surface area (Å²) in [5.41, 5.74) is 3.22. The number of benzene rings is 3. The quantitative estimate of drug-likeness (QED) is 0.0854. The molecule has 2 aliphatic heterocycles. The highest BCUT2D eigenvalue weighted by atomic mass is 32.1. The van der Waals surface area contributed by atoms with Gasteiger partial charge in [0.05, 0.1) is 29.6 Å². The molecule has 15 nitrogen and oxygen atoms in total. The van der Waals surface area contributed by atoms with E-state index in [-0.39, 0.29) is 22.1 Å². The van der Waals surface area contributed by atoms with Crippen molar-refractivity contribution in [3.8, 4) is 22.1 Å². The van der Waals surface area contributed by atoms with Crippen molar-refractivity contribution in [2.24, 2.45) is 0 Å². The Morgan fingerprint density at radius 3 is 2.19 bits per heavy atom. The van der Waals surface area contributed by atoms with Gasteiger partial charge in [-0.15, -0.1) is 11.3 Å². The molecule has 1 spiro atoms. The molecule has 2 saturated heterocycles. The number of H-pyrrole nitrogens is 1. The predicted molar refractivity (Wildman–Crippen MR) is 218 cm³/mol. The zero-order valence-corrected chi connectivity index (χ0v) is 34.6. The number of ether oxygens (including phenoxy) is 2. The van der Waals surface area contributed by atoms with Gasteiger partial charge in [0.15, 0.2) is 0 Å². The molecule has 0 saturated carbocycles. The number of halogens is 6. The number of piperidine rings is 1. The molecule has 0 aliphatic carbocycles. The van der Waals surface area contributed by atoms with Crippen molar-refractivity contribution < 1.29 is 70.6 Å². The summed E-state index contributed by atoms with van der Waals surface area (Å²) in [6, 6.07) is 21.0. The van der Waals surface area contributed by atoms with Gasteiger partial charge in [-0.05, 0) is 36.6 Å². The van der Waals surface area contributed by atoms with Crippen LogP contribution in [0.25, 0.3) is 20.8 Å². The number of rotatable bonds is 11. The maximum Gasteiger partial charge on any atom is 0.490 e. The van der Waals surface area contributed by atoms with Crippen LogP contribution in [0.4, 0.5) is 26.3 Å². The van der Waals surface area contributed by atoms with Crippen LogP contribution in [0.2, 0.25) is 0 Å². The van der Waals surface area contributed by atoms with Gasteiger partial charge in [-0.2, -0.15) is 26.3 Å². The molecule has 0 unspecified atom stereocenters. The van der Waals surface area contributed by atoms with Crippen molar-refractivity contribution in [2.45, 2.75) is 43.4 Å². The average molecular weight is 930 g/mol. The van der Waals surface area contributed by atoms with Crippen LogP contribution in [0.5, 0.6) is 11.5 Å². The molecule has 6 N–H and O–H groups in total. The van der Waals surface area contributed by atoms with Crippen molar-refractivity contribution >= 4 is 50.7 Å². The van der Waals surface area contributed by atoms with E-state index in [1.54, 1.807) is 6.07 Å². The maximum absolute atomic E-state index is 13.4. The Hall–Kier alpha value is -5.59. The molecule has 0 bridgehead atoms. The predicted octanol–water partition coefficient (Wildman–Crippen LogP) is 5.89. The van der Waals surface area contributed by atoms with Crippen LogP contribution in [0, 0.1) is 0 Å². The third kappa shape index (κ3) is 13.7. The highest BCUT2D eigenvalue weighted by Crippen LogP contribution is 2.33. The molecular weight excluding hydrogens is 889 g/mol. The van der Waals surface area contributed by atoms with E-state index >= 15 is 0 Å².